The van der Waals surface area contributed by atoms with Crippen molar-refractivity contribution in [3.8, 4) is 0 Å². The van der Waals surface area contributed by atoms with Crippen molar-refractivity contribution in [3.63, 3.8) is 0 Å². The number of piperidine rings is 1. The molecule has 2 fully saturated rings. The first-order valence-electron chi connectivity index (χ1n) is 11.0. The number of nitrogens with zero attached hydrogens (tertiary/aromatic N) is 5. The maximum Gasteiger partial charge on any atom is 0.194 e. The lowest BCUT2D eigenvalue weighted by Crippen LogP contribution is -2.50. The normalized spacial score (nSPS) is 20.4. The molecule has 1 aliphatic heterocycles. The van der Waals surface area contributed by atoms with Crippen LogP contribution in [0.15, 0.2) is 4.99 Å². The Balaban J connectivity index is 1.71. The van der Waals surface area contributed by atoms with Gasteiger partial charge in [0.1, 0.15) is 12.4 Å². The minimum atomic E-state index is 0.491. The summed E-state index contributed by atoms with van der Waals surface area (Å²) in [4.78, 5) is 7.46. The number of hydrogen-bond acceptors (Lipinski definition) is 4. The molecule has 1 aromatic heterocycles. The summed E-state index contributed by atoms with van der Waals surface area (Å²) in [7, 11) is 3.76. The monoisotopic (exact) mass is 390 g/mol. The van der Waals surface area contributed by atoms with Crippen LogP contribution in [0.25, 0.3) is 0 Å². The second kappa shape index (κ2) is 10.2. The molecule has 1 saturated heterocycles. The van der Waals surface area contributed by atoms with Gasteiger partial charge in [0, 0.05) is 40.4 Å². The van der Waals surface area contributed by atoms with Gasteiger partial charge in [-0.3, -0.25) is 0 Å². The van der Waals surface area contributed by atoms with E-state index in [2.05, 4.69) is 20.4 Å². The lowest BCUT2D eigenvalue weighted by atomic mass is 9.74. The maximum absolute atomic E-state index is 5.21. The number of guanidine groups is 1. The van der Waals surface area contributed by atoms with E-state index < -0.39 is 0 Å². The molecule has 1 saturated carbocycles. The minimum absolute atomic E-state index is 0.491. The zero-order valence-corrected chi connectivity index (χ0v) is 18.0. The smallest absolute Gasteiger partial charge is 0.194 e. The van der Waals surface area contributed by atoms with Crippen LogP contribution in [0.4, 0.5) is 0 Å². The number of methoxy groups -OCH3 is 1. The zero-order valence-electron chi connectivity index (χ0n) is 18.0. The summed E-state index contributed by atoms with van der Waals surface area (Å²) < 4.78 is 7.23. The standard InChI is InChI=1S/C21H38N6O/c1-18-24-25-19(26(18)2)16-23-20(22-13-9-15-28-3)27-14-8-12-21(17-27)10-6-4-5-7-11-21/h4-17H2,1-3H3,(H,22,23). The second-order valence-electron chi connectivity index (χ2n) is 8.57. The summed E-state index contributed by atoms with van der Waals surface area (Å²) in [6.07, 6.45) is 12.0. The average molecular weight is 391 g/mol. The van der Waals surface area contributed by atoms with Crippen LogP contribution in [-0.2, 0) is 18.3 Å². The Kier molecular flexibility index (Phi) is 7.71. The van der Waals surface area contributed by atoms with Crippen LogP contribution in [-0.4, -0.2) is 59.0 Å². The van der Waals surface area contributed by atoms with E-state index in [9.17, 15) is 0 Å². The molecule has 0 amide bonds. The predicted molar refractivity (Wildman–Crippen MR) is 112 cm³/mol. The molecular formula is C21H38N6O. The van der Waals surface area contributed by atoms with Crippen molar-refractivity contribution in [2.45, 2.75) is 71.3 Å². The number of aromatic nitrogens is 3. The van der Waals surface area contributed by atoms with Gasteiger partial charge in [-0.05, 0) is 44.4 Å². The highest BCUT2D eigenvalue weighted by Gasteiger charge is 2.36. The van der Waals surface area contributed by atoms with E-state index in [1.54, 1.807) is 7.11 Å². The minimum Gasteiger partial charge on any atom is -0.385 e. The molecule has 2 aliphatic rings. The van der Waals surface area contributed by atoms with Gasteiger partial charge in [-0.25, -0.2) is 4.99 Å². The number of hydrogen-bond donors (Lipinski definition) is 1. The Labute approximate surface area is 169 Å². The number of ether oxygens (including phenoxy) is 1. The summed E-state index contributed by atoms with van der Waals surface area (Å²) >= 11 is 0. The molecule has 7 nitrogen and oxygen atoms in total. The average Bonchev–Trinajstić information content (AvgIpc) is 2.89. The largest absolute Gasteiger partial charge is 0.385 e. The molecule has 0 unspecified atom stereocenters. The molecule has 0 atom stereocenters. The lowest BCUT2D eigenvalue weighted by molar-refractivity contribution is 0.115. The fourth-order valence-corrected chi connectivity index (χ4v) is 4.69. The van der Waals surface area contributed by atoms with Crippen LogP contribution in [0.3, 0.4) is 0 Å². The van der Waals surface area contributed by atoms with Gasteiger partial charge >= 0.3 is 0 Å². The fourth-order valence-electron chi connectivity index (χ4n) is 4.69. The van der Waals surface area contributed by atoms with Gasteiger partial charge < -0.3 is 19.5 Å². The van der Waals surface area contributed by atoms with Crippen molar-refractivity contribution in [1.82, 2.24) is 25.0 Å². The molecule has 1 aliphatic carbocycles. The van der Waals surface area contributed by atoms with E-state index in [-0.39, 0.29) is 0 Å². The van der Waals surface area contributed by atoms with Gasteiger partial charge in [0.2, 0.25) is 0 Å². The van der Waals surface area contributed by atoms with Crippen LogP contribution in [0, 0.1) is 12.3 Å². The topological polar surface area (TPSA) is 67.6 Å². The number of aryl methyl sites for hydroxylation is 1. The van der Waals surface area contributed by atoms with Gasteiger partial charge in [0.05, 0.1) is 0 Å². The Morgan fingerprint density at radius 2 is 1.89 bits per heavy atom. The van der Waals surface area contributed by atoms with E-state index in [1.807, 2.05) is 18.5 Å². The van der Waals surface area contributed by atoms with E-state index in [1.165, 1.54) is 51.4 Å². The van der Waals surface area contributed by atoms with Crippen molar-refractivity contribution < 1.29 is 4.74 Å². The lowest BCUT2D eigenvalue weighted by Gasteiger charge is -2.44. The van der Waals surface area contributed by atoms with E-state index >= 15 is 0 Å². The van der Waals surface area contributed by atoms with E-state index in [0.29, 0.717) is 12.0 Å². The quantitative estimate of drug-likeness (QED) is 0.459. The Morgan fingerprint density at radius 1 is 1.14 bits per heavy atom. The van der Waals surface area contributed by atoms with Gasteiger partial charge in [-0.2, -0.15) is 0 Å². The zero-order chi connectivity index (χ0) is 19.8. The van der Waals surface area contributed by atoms with E-state index in [0.717, 1.165) is 50.3 Å². The number of rotatable bonds is 6. The summed E-state index contributed by atoms with van der Waals surface area (Å²) in [5.41, 5.74) is 0.491. The van der Waals surface area contributed by atoms with Gasteiger partial charge in [0.15, 0.2) is 11.8 Å². The number of nitrogens with one attached hydrogen (secondary N) is 1. The van der Waals surface area contributed by atoms with Crippen molar-refractivity contribution >= 4 is 5.96 Å². The number of aliphatic imine (C=N–C) groups is 1. The SMILES string of the molecule is COCCCNC(=NCc1nnc(C)n1C)N1CCCC2(CCCCCC2)C1. The summed E-state index contributed by atoms with van der Waals surface area (Å²) in [5, 5.41) is 12.0. The van der Waals surface area contributed by atoms with Crippen LogP contribution in [0.2, 0.25) is 0 Å². The predicted octanol–water partition coefficient (Wildman–Crippen LogP) is 3.04. The maximum atomic E-state index is 5.21. The van der Waals surface area contributed by atoms with Crippen molar-refractivity contribution in [3.05, 3.63) is 11.6 Å². The fraction of sp³-hybridized carbons (Fsp3) is 0.857. The third kappa shape index (κ3) is 5.46. The molecular weight excluding hydrogens is 352 g/mol. The Hall–Kier alpha value is -1.63. The van der Waals surface area contributed by atoms with Crippen LogP contribution in [0.1, 0.15) is 69.4 Å². The van der Waals surface area contributed by atoms with Gasteiger partial charge in [-0.15, -0.1) is 10.2 Å². The summed E-state index contributed by atoms with van der Waals surface area (Å²) in [5.74, 6) is 2.87. The Morgan fingerprint density at radius 3 is 2.57 bits per heavy atom. The molecule has 1 spiro atoms. The molecule has 3 rings (SSSR count). The highest BCUT2D eigenvalue weighted by Crippen LogP contribution is 2.42. The third-order valence-corrected chi connectivity index (χ3v) is 6.49. The molecule has 28 heavy (non-hydrogen) atoms. The van der Waals surface area contributed by atoms with Crippen molar-refractivity contribution in [2.75, 3.05) is 33.4 Å². The first-order chi connectivity index (χ1) is 13.6. The van der Waals surface area contributed by atoms with E-state index in [4.69, 9.17) is 9.73 Å². The summed E-state index contributed by atoms with van der Waals surface area (Å²) in [6, 6.07) is 0. The molecule has 0 aromatic carbocycles. The highest BCUT2D eigenvalue weighted by molar-refractivity contribution is 5.80. The molecule has 1 N–H and O–H groups in total. The first kappa shape index (κ1) is 21.1. The van der Waals surface area contributed by atoms with Crippen molar-refractivity contribution in [1.29, 1.82) is 0 Å². The summed E-state index contributed by atoms with van der Waals surface area (Å²) in [6.45, 7) is 6.43. The second-order valence-corrected chi connectivity index (χ2v) is 8.57. The van der Waals surface area contributed by atoms with Gasteiger partial charge in [-0.1, -0.05) is 25.7 Å². The highest BCUT2D eigenvalue weighted by atomic mass is 16.5. The molecule has 1 aromatic rings. The Bertz CT molecular complexity index is 633. The molecule has 0 radical (unpaired) electrons. The number of likely N-dealkylation sites (tertiary alicyclic amines) is 1. The van der Waals surface area contributed by atoms with Crippen LogP contribution in [0.5, 0.6) is 0 Å². The molecule has 158 valence electrons. The molecule has 7 heteroatoms. The third-order valence-electron chi connectivity index (χ3n) is 6.49. The van der Waals surface area contributed by atoms with Crippen molar-refractivity contribution in [2.24, 2.45) is 17.5 Å². The van der Waals surface area contributed by atoms with Crippen LogP contribution >= 0.6 is 0 Å². The molecule has 2 heterocycles. The van der Waals surface area contributed by atoms with Crippen LogP contribution < -0.4 is 5.32 Å². The van der Waals surface area contributed by atoms with Gasteiger partial charge in [0.25, 0.3) is 0 Å². The molecule has 0 bridgehead atoms. The first-order valence-corrected chi connectivity index (χ1v) is 11.0.